The number of hydrogen-bond donors (Lipinski definition) is 1. The lowest BCUT2D eigenvalue weighted by Gasteiger charge is -2.08. The van der Waals surface area contributed by atoms with Crippen LogP contribution in [-0.2, 0) is 0 Å². The second-order valence-electron chi connectivity index (χ2n) is 5.19. The Labute approximate surface area is 168 Å². The molecule has 0 fully saturated rings. The summed E-state index contributed by atoms with van der Waals surface area (Å²) in [6.45, 7) is 0. The van der Waals surface area contributed by atoms with Crippen LogP contribution in [0.25, 0.3) is 11.3 Å². The van der Waals surface area contributed by atoms with Gasteiger partial charge in [0.25, 0.3) is 5.91 Å². The highest BCUT2D eigenvalue weighted by atomic mass is 79.9. The van der Waals surface area contributed by atoms with Crippen LogP contribution in [0.2, 0.25) is 5.02 Å². The summed E-state index contributed by atoms with van der Waals surface area (Å²) < 4.78 is 11.4. The van der Waals surface area contributed by atoms with Gasteiger partial charge < -0.3 is 9.47 Å². The molecule has 0 unspecified atom stereocenters. The van der Waals surface area contributed by atoms with Crippen LogP contribution >= 0.6 is 38.9 Å². The van der Waals surface area contributed by atoms with Crippen molar-refractivity contribution in [2.45, 2.75) is 0 Å². The molecule has 0 atom stereocenters. The highest BCUT2D eigenvalue weighted by Crippen LogP contribution is 2.33. The molecule has 0 spiro atoms. The van der Waals surface area contributed by atoms with Gasteiger partial charge in [0.1, 0.15) is 0 Å². The van der Waals surface area contributed by atoms with E-state index in [9.17, 15) is 4.79 Å². The SMILES string of the molecule is COc1ccc(-c2csc(NC(=O)c3ccc(Br)cc3Cl)n2)cc1OC. The van der Waals surface area contributed by atoms with E-state index in [4.69, 9.17) is 21.1 Å². The minimum absolute atomic E-state index is 0.310. The largest absolute Gasteiger partial charge is 0.493 e. The zero-order chi connectivity index (χ0) is 18.7. The fourth-order valence-electron chi connectivity index (χ4n) is 2.30. The summed E-state index contributed by atoms with van der Waals surface area (Å²) in [4.78, 5) is 16.9. The third kappa shape index (κ3) is 4.00. The Balaban J connectivity index is 1.81. The number of anilines is 1. The first-order valence-electron chi connectivity index (χ1n) is 7.46. The fourth-order valence-corrected chi connectivity index (χ4v) is 3.77. The second-order valence-corrected chi connectivity index (χ2v) is 7.37. The van der Waals surface area contributed by atoms with Crippen LogP contribution in [0.3, 0.4) is 0 Å². The molecule has 0 saturated carbocycles. The highest BCUT2D eigenvalue weighted by molar-refractivity contribution is 9.10. The minimum Gasteiger partial charge on any atom is -0.493 e. The number of amides is 1. The van der Waals surface area contributed by atoms with Gasteiger partial charge >= 0.3 is 0 Å². The van der Waals surface area contributed by atoms with E-state index < -0.39 is 0 Å². The lowest BCUT2D eigenvalue weighted by Crippen LogP contribution is -2.12. The van der Waals surface area contributed by atoms with Gasteiger partial charge in [0.15, 0.2) is 16.6 Å². The van der Waals surface area contributed by atoms with E-state index in [2.05, 4.69) is 26.2 Å². The Morgan fingerprint density at radius 1 is 1.15 bits per heavy atom. The Hall–Kier alpha value is -2.09. The summed E-state index contributed by atoms with van der Waals surface area (Å²) in [6.07, 6.45) is 0. The summed E-state index contributed by atoms with van der Waals surface area (Å²) in [5, 5.41) is 5.49. The van der Waals surface area contributed by atoms with Crippen LogP contribution in [0, 0.1) is 0 Å². The number of nitrogens with one attached hydrogen (secondary N) is 1. The zero-order valence-electron chi connectivity index (χ0n) is 13.9. The van der Waals surface area contributed by atoms with Crippen molar-refractivity contribution >= 4 is 49.9 Å². The molecule has 26 heavy (non-hydrogen) atoms. The van der Waals surface area contributed by atoms with Crippen molar-refractivity contribution in [3.63, 3.8) is 0 Å². The highest BCUT2D eigenvalue weighted by Gasteiger charge is 2.14. The number of aromatic nitrogens is 1. The van der Waals surface area contributed by atoms with Gasteiger partial charge in [-0.05, 0) is 36.4 Å². The van der Waals surface area contributed by atoms with Gasteiger partial charge in [-0.1, -0.05) is 27.5 Å². The average molecular weight is 454 g/mol. The lowest BCUT2D eigenvalue weighted by molar-refractivity contribution is 0.102. The lowest BCUT2D eigenvalue weighted by atomic mass is 10.1. The molecule has 1 aromatic heterocycles. The second kappa shape index (κ2) is 8.07. The Bertz CT molecular complexity index is 961. The topological polar surface area (TPSA) is 60.5 Å². The first-order valence-corrected chi connectivity index (χ1v) is 9.51. The molecule has 0 aliphatic heterocycles. The molecule has 134 valence electrons. The van der Waals surface area contributed by atoms with Crippen LogP contribution in [0.1, 0.15) is 10.4 Å². The molecule has 2 aromatic carbocycles. The predicted molar refractivity (Wildman–Crippen MR) is 108 cm³/mol. The number of benzene rings is 2. The number of methoxy groups -OCH3 is 2. The molecular formula is C18H14BrClN2O3S. The third-order valence-corrected chi connectivity index (χ3v) is 5.14. The van der Waals surface area contributed by atoms with E-state index in [1.807, 2.05) is 23.6 Å². The van der Waals surface area contributed by atoms with Crippen molar-refractivity contribution in [1.82, 2.24) is 4.98 Å². The Morgan fingerprint density at radius 2 is 1.92 bits per heavy atom. The fraction of sp³-hybridized carbons (Fsp3) is 0.111. The molecule has 5 nitrogen and oxygen atoms in total. The van der Waals surface area contributed by atoms with Crippen molar-refractivity contribution in [1.29, 1.82) is 0 Å². The number of halogens is 2. The van der Waals surface area contributed by atoms with E-state index in [1.165, 1.54) is 11.3 Å². The van der Waals surface area contributed by atoms with Gasteiger partial charge in [-0.15, -0.1) is 11.3 Å². The standard InChI is InChI=1S/C18H14BrClN2O3S/c1-24-15-6-3-10(7-16(15)25-2)14-9-26-18(21-14)22-17(23)12-5-4-11(19)8-13(12)20/h3-9H,1-2H3,(H,21,22,23). The quantitative estimate of drug-likeness (QED) is 0.554. The van der Waals surface area contributed by atoms with Crippen molar-refractivity contribution in [3.05, 3.63) is 56.8 Å². The third-order valence-electron chi connectivity index (χ3n) is 3.58. The predicted octanol–water partition coefficient (Wildman–Crippen LogP) is 5.50. The molecule has 3 aromatic rings. The maximum absolute atomic E-state index is 12.4. The van der Waals surface area contributed by atoms with Gasteiger partial charge in [-0.25, -0.2) is 4.98 Å². The van der Waals surface area contributed by atoms with Crippen LogP contribution in [0.4, 0.5) is 5.13 Å². The molecule has 0 bridgehead atoms. The maximum atomic E-state index is 12.4. The molecule has 0 aliphatic rings. The van der Waals surface area contributed by atoms with E-state index in [0.29, 0.717) is 27.2 Å². The molecule has 1 N–H and O–H groups in total. The number of rotatable bonds is 5. The van der Waals surface area contributed by atoms with E-state index in [1.54, 1.807) is 32.4 Å². The summed E-state index contributed by atoms with van der Waals surface area (Å²) in [7, 11) is 3.16. The summed E-state index contributed by atoms with van der Waals surface area (Å²) in [6, 6.07) is 10.6. The molecule has 0 radical (unpaired) electrons. The Kier molecular flexibility index (Phi) is 5.80. The summed E-state index contributed by atoms with van der Waals surface area (Å²) in [5.41, 5.74) is 1.98. The number of thiazole rings is 1. The van der Waals surface area contributed by atoms with E-state index in [0.717, 1.165) is 15.7 Å². The van der Waals surface area contributed by atoms with Crippen LogP contribution < -0.4 is 14.8 Å². The van der Waals surface area contributed by atoms with E-state index >= 15 is 0 Å². The monoisotopic (exact) mass is 452 g/mol. The number of carbonyl (C=O) groups excluding carboxylic acids is 1. The van der Waals surface area contributed by atoms with Crippen molar-refractivity contribution in [2.75, 3.05) is 19.5 Å². The number of carbonyl (C=O) groups is 1. The normalized spacial score (nSPS) is 10.5. The molecule has 8 heteroatoms. The molecule has 0 saturated heterocycles. The molecule has 1 amide bonds. The van der Waals surface area contributed by atoms with Crippen LogP contribution in [-0.4, -0.2) is 25.1 Å². The smallest absolute Gasteiger partial charge is 0.258 e. The minimum atomic E-state index is -0.310. The molecule has 3 rings (SSSR count). The van der Waals surface area contributed by atoms with Crippen LogP contribution in [0.5, 0.6) is 11.5 Å². The summed E-state index contributed by atoms with van der Waals surface area (Å²) >= 11 is 10.8. The van der Waals surface area contributed by atoms with E-state index in [-0.39, 0.29) is 5.91 Å². The number of hydrogen-bond acceptors (Lipinski definition) is 5. The van der Waals surface area contributed by atoms with Gasteiger partial charge in [0.05, 0.1) is 30.5 Å². The molecular weight excluding hydrogens is 440 g/mol. The van der Waals surface area contributed by atoms with Gasteiger partial charge in [-0.3, -0.25) is 10.1 Å². The van der Waals surface area contributed by atoms with Crippen LogP contribution in [0.15, 0.2) is 46.3 Å². The van der Waals surface area contributed by atoms with Crippen molar-refractivity contribution in [3.8, 4) is 22.8 Å². The maximum Gasteiger partial charge on any atom is 0.258 e. The van der Waals surface area contributed by atoms with Crippen molar-refractivity contribution < 1.29 is 14.3 Å². The van der Waals surface area contributed by atoms with Gasteiger partial charge in [0, 0.05) is 15.4 Å². The zero-order valence-corrected chi connectivity index (χ0v) is 17.0. The number of nitrogens with zero attached hydrogens (tertiary/aromatic N) is 1. The number of ether oxygens (including phenoxy) is 2. The first-order chi connectivity index (χ1) is 12.5. The molecule has 1 heterocycles. The Morgan fingerprint density at radius 3 is 2.62 bits per heavy atom. The van der Waals surface area contributed by atoms with Gasteiger partial charge in [-0.2, -0.15) is 0 Å². The first kappa shape index (κ1) is 18.7. The summed E-state index contributed by atoms with van der Waals surface area (Å²) in [5.74, 6) is 0.950. The average Bonchev–Trinajstić information content (AvgIpc) is 3.09. The van der Waals surface area contributed by atoms with Crippen molar-refractivity contribution in [2.24, 2.45) is 0 Å². The van der Waals surface area contributed by atoms with Gasteiger partial charge in [0.2, 0.25) is 0 Å². The molecule has 0 aliphatic carbocycles.